The molecule has 1 aromatic carbocycles. The molecule has 0 aliphatic rings. The zero-order valence-electron chi connectivity index (χ0n) is 11.6. The second-order valence-electron chi connectivity index (χ2n) is 4.63. The van der Waals surface area contributed by atoms with Gasteiger partial charge in [-0.3, -0.25) is 4.98 Å². The number of pyridine rings is 1. The molecule has 0 radical (unpaired) electrons. The summed E-state index contributed by atoms with van der Waals surface area (Å²) in [7, 11) is 0. The van der Waals surface area contributed by atoms with Gasteiger partial charge in [-0.2, -0.15) is 0 Å². The molecule has 0 unspecified atom stereocenters. The lowest BCUT2D eigenvalue weighted by molar-refractivity contribution is 0.132. The van der Waals surface area contributed by atoms with E-state index in [1.165, 1.54) is 10.9 Å². The summed E-state index contributed by atoms with van der Waals surface area (Å²) in [6, 6.07) is 10.4. The minimum atomic E-state index is 0.842. The summed E-state index contributed by atoms with van der Waals surface area (Å²) in [5.41, 5.74) is 2.35. The maximum atomic E-state index is 5.45. The van der Waals surface area contributed by atoms with Crippen molar-refractivity contribution in [1.29, 1.82) is 0 Å². The van der Waals surface area contributed by atoms with Gasteiger partial charge in [-0.05, 0) is 31.0 Å². The van der Waals surface area contributed by atoms with Gasteiger partial charge in [0.25, 0.3) is 0 Å². The molecule has 0 amide bonds. The molecule has 0 saturated heterocycles. The maximum Gasteiger partial charge on any atom is 0.0746 e. The van der Waals surface area contributed by atoms with Crippen LogP contribution in [-0.2, 0) is 11.3 Å². The predicted molar refractivity (Wildman–Crippen MR) is 79.2 cm³/mol. The van der Waals surface area contributed by atoms with Crippen molar-refractivity contribution in [1.82, 2.24) is 10.3 Å². The third-order valence-electron chi connectivity index (χ3n) is 3.02. The van der Waals surface area contributed by atoms with Crippen molar-refractivity contribution in [2.24, 2.45) is 0 Å². The molecule has 3 heteroatoms. The van der Waals surface area contributed by atoms with Gasteiger partial charge < -0.3 is 10.1 Å². The SMILES string of the molecule is CCCOCCCNCc1cccc2cccnc12. The van der Waals surface area contributed by atoms with E-state index in [2.05, 4.69) is 41.5 Å². The molecule has 0 bridgehead atoms. The third kappa shape index (κ3) is 4.30. The van der Waals surface area contributed by atoms with Crippen LogP contribution in [0.1, 0.15) is 25.3 Å². The molecule has 0 aliphatic heterocycles. The number of benzene rings is 1. The molecule has 1 heterocycles. The summed E-state index contributed by atoms with van der Waals surface area (Å²) in [5, 5.41) is 4.65. The van der Waals surface area contributed by atoms with Crippen molar-refractivity contribution >= 4 is 10.9 Å². The average molecular weight is 258 g/mol. The minimum absolute atomic E-state index is 0.842. The van der Waals surface area contributed by atoms with Gasteiger partial charge in [0.1, 0.15) is 0 Å². The number of ether oxygens (including phenoxy) is 1. The van der Waals surface area contributed by atoms with Crippen LogP contribution >= 0.6 is 0 Å². The van der Waals surface area contributed by atoms with Crippen molar-refractivity contribution in [3.63, 3.8) is 0 Å². The number of hydrogen-bond donors (Lipinski definition) is 1. The first-order chi connectivity index (χ1) is 9.42. The number of aromatic nitrogens is 1. The summed E-state index contributed by atoms with van der Waals surface area (Å²) >= 11 is 0. The monoisotopic (exact) mass is 258 g/mol. The Morgan fingerprint density at radius 3 is 2.95 bits per heavy atom. The Bertz CT molecular complexity index is 494. The highest BCUT2D eigenvalue weighted by atomic mass is 16.5. The van der Waals surface area contributed by atoms with Crippen molar-refractivity contribution in [2.45, 2.75) is 26.3 Å². The highest BCUT2D eigenvalue weighted by Crippen LogP contribution is 2.15. The summed E-state index contributed by atoms with van der Waals surface area (Å²) in [6.45, 7) is 5.68. The standard InChI is InChI=1S/C16H22N2O/c1-2-11-19-12-5-9-17-13-15-7-3-6-14-8-4-10-18-16(14)15/h3-4,6-8,10,17H,2,5,9,11-13H2,1H3. The van der Waals surface area contributed by atoms with Crippen molar-refractivity contribution in [3.8, 4) is 0 Å². The zero-order valence-corrected chi connectivity index (χ0v) is 11.6. The lowest BCUT2D eigenvalue weighted by atomic mass is 10.1. The van der Waals surface area contributed by atoms with E-state index in [0.29, 0.717) is 0 Å². The van der Waals surface area contributed by atoms with Gasteiger partial charge >= 0.3 is 0 Å². The normalized spacial score (nSPS) is 11.0. The fourth-order valence-electron chi connectivity index (χ4n) is 2.08. The Labute approximate surface area is 115 Å². The largest absolute Gasteiger partial charge is 0.381 e. The van der Waals surface area contributed by atoms with Crippen LogP contribution in [0.25, 0.3) is 10.9 Å². The molecular formula is C16H22N2O. The number of nitrogens with one attached hydrogen (secondary N) is 1. The summed E-state index contributed by atoms with van der Waals surface area (Å²) in [5.74, 6) is 0. The summed E-state index contributed by atoms with van der Waals surface area (Å²) < 4.78 is 5.45. The predicted octanol–water partition coefficient (Wildman–Crippen LogP) is 3.14. The van der Waals surface area contributed by atoms with Crippen LogP contribution < -0.4 is 5.32 Å². The number of hydrogen-bond acceptors (Lipinski definition) is 3. The molecule has 0 saturated carbocycles. The molecule has 102 valence electrons. The summed E-state index contributed by atoms with van der Waals surface area (Å²) in [6.07, 6.45) is 4.00. The smallest absolute Gasteiger partial charge is 0.0746 e. The topological polar surface area (TPSA) is 34.1 Å². The van der Waals surface area contributed by atoms with Crippen LogP contribution in [0.3, 0.4) is 0 Å². The molecule has 0 fully saturated rings. The van der Waals surface area contributed by atoms with E-state index in [9.17, 15) is 0 Å². The molecule has 1 aromatic heterocycles. The van der Waals surface area contributed by atoms with Gasteiger partial charge in [-0.25, -0.2) is 0 Å². The molecule has 2 aromatic rings. The van der Waals surface area contributed by atoms with Crippen LogP contribution in [0, 0.1) is 0 Å². The molecule has 0 spiro atoms. The zero-order chi connectivity index (χ0) is 13.3. The average Bonchev–Trinajstić information content (AvgIpc) is 2.46. The quantitative estimate of drug-likeness (QED) is 0.739. The molecular weight excluding hydrogens is 236 g/mol. The molecule has 3 nitrogen and oxygen atoms in total. The number of nitrogens with zero attached hydrogens (tertiary/aromatic N) is 1. The number of para-hydroxylation sites is 1. The lowest BCUT2D eigenvalue weighted by Gasteiger charge is -2.07. The first kappa shape index (κ1) is 14.0. The van der Waals surface area contributed by atoms with Crippen LogP contribution in [-0.4, -0.2) is 24.7 Å². The summed E-state index contributed by atoms with van der Waals surface area (Å²) in [4.78, 5) is 4.46. The molecule has 0 aliphatic carbocycles. The van der Waals surface area contributed by atoms with Gasteiger partial charge in [-0.1, -0.05) is 31.2 Å². The van der Waals surface area contributed by atoms with E-state index < -0.39 is 0 Å². The van der Waals surface area contributed by atoms with Crippen molar-refractivity contribution in [3.05, 3.63) is 42.1 Å². The van der Waals surface area contributed by atoms with Crippen LogP contribution in [0.5, 0.6) is 0 Å². The Morgan fingerprint density at radius 1 is 1.16 bits per heavy atom. The Hall–Kier alpha value is -1.45. The van der Waals surface area contributed by atoms with E-state index in [1.807, 2.05) is 12.3 Å². The van der Waals surface area contributed by atoms with Crippen molar-refractivity contribution in [2.75, 3.05) is 19.8 Å². The van der Waals surface area contributed by atoms with E-state index in [1.54, 1.807) is 0 Å². The van der Waals surface area contributed by atoms with E-state index in [-0.39, 0.29) is 0 Å². The highest BCUT2D eigenvalue weighted by molar-refractivity contribution is 5.81. The third-order valence-corrected chi connectivity index (χ3v) is 3.02. The van der Waals surface area contributed by atoms with Crippen molar-refractivity contribution < 1.29 is 4.74 Å². The molecule has 0 atom stereocenters. The Morgan fingerprint density at radius 2 is 2.05 bits per heavy atom. The lowest BCUT2D eigenvalue weighted by Crippen LogP contribution is -2.16. The second-order valence-corrected chi connectivity index (χ2v) is 4.63. The fraction of sp³-hybridized carbons (Fsp3) is 0.438. The molecule has 1 N–H and O–H groups in total. The van der Waals surface area contributed by atoms with Crippen LogP contribution in [0.2, 0.25) is 0 Å². The van der Waals surface area contributed by atoms with E-state index >= 15 is 0 Å². The fourth-order valence-corrected chi connectivity index (χ4v) is 2.08. The Kier molecular flexibility index (Phi) is 5.79. The number of rotatable bonds is 8. The maximum absolute atomic E-state index is 5.45. The Balaban J connectivity index is 1.78. The van der Waals surface area contributed by atoms with Gasteiger partial charge in [0, 0.05) is 31.3 Å². The van der Waals surface area contributed by atoms with Gasteiger partial charge in [-0.15, -0.1) is 0 Å². The van der Waals surface area contributed by atoms with E-state index in [0.717, 1.165) is 44.7 Å². The van der Waals surface area contributed by atoms with E-state index in [4.69, 9.17) is 4.74 Å². The highest BCUT2D eigenvalue weighted by Gasteiger charge is 2.00. The van der Waals surface area contributed by atoms with Gasteiger partial charge in [0.2, 0.25) is 0 Å². The van der Waals surface area contributed by atoms with Crippen LogP contribution in [0.15, 0.2) is 36.5 Å². The minimum Gasteiger partial charge on any atom is -0.381 e. The first-order valence-corrected chi connectivity index (χ1v) is 7.03. The molecule has 2 rings (SSSR count). The van der Waals surface area contributed by atoms with Gasteiger partial charge in [0.05, 0.1) is 5.52 Å². The van der Waals surface area contributed by atoms with Crippen LogP contribution in [0.4, 0.5) is 0 Å². The number of fused-ring (bicyclic) bond motifs is 1. The second kappa shape index (κ2) is 7.87. The molecule has 19 heavy (non-hydrogen) atoms. The first-order valence-electron chi connectivity index (χ1n) is 7.03. The van der Waals surface area contributed by atoms with Gasteiger partial charge in [0.15, 0.2) is 0 Å².